The number of hydrogen-bond acceptors (Lipinski definition) is 5. The smallest absolute Gasteiger partial charge is 0.266 e. The molecular formula is C19H25O5PSi. The topological polar surface area (TPSA) is 61.8 Å². The summed E-state index contributed by atoms with van der Waals surface area (Å²) in [5, 5.41) is 0. The van der Waals surface area contributed by atoms with Gasteiger partial charge >= 0.3 is 0 Å². The fraction of sp³-hybridized carbons (Fsp3) is 0.316. The average Bonchev–Trinajstić information content (AvgIpc) is 2.59. The van der Waals surface area contributed by atoms with Gasteiger partial charge in [0.15, 0.2) is 8.32 Å². The van der Waals surface area contributed by atoms with E-state index < -0.39 is 21.2 Å². The summed E-state index contributed by atoms with van der Waals surface area (Å²) < 4.78 is 30.4. The monoisotopic (exact) mass is 392 g/mol. The average molecular weight is 392 g/mol. The zero-order valence-electron chi connectivity index (χ0n) is 15.8. The van der Waals surface area contributed by atoms with E-state index in [0.29, 0.717) is 11.5 Å². The van der Waals surface area contributed by atoms with Gasteiger partial charge in [0.2, 0.25) is 0 Å². The van der Waals surface area contributed by atoms with Crippen LogP contribution in [-0.4, -0.2) is 28.1 Å². The second-order valence-electron chi connectivity index (χ2n) is 6.86. The van der Waals surface area contributed by atoms with E-state index in [-0.39, 0.29) is 11.7 Å². The van der Waals surface area contributed by atoms with Crippen LogP contribution >= 0.6 is 7.37 Å². The second-order valence-corrected chi connectivity index (χ2v) is 13.9. The third-order valence-electron chi connectivity index (χ3n) is 3.61. The molecule has 2 aromatic carbocycles. The van der Waals surface area contributed by atoms with Crippen molar-refractivity contribution >= 4 is 21.2 Å². The Kier molecular flexibility index (Phi) is 6.45. The molecule has 7 heteroatoms. The summed E-state index contributed by atoms with van der Waals surface area (Å²) >= 11 is 0. The number of carbonyl (C=O) groups excluding carboxylic acids is 1. The first-order valence-corrected chi connectivity index (χ1v) is 13.5. The lowest BCUT2D eigenvalue weighted by Crippen LogP contribution is -2.26. The molecule has 0 aliphatic heterocycles. The molecule has 140 valence electrons. The Hall–Kier alpha value is -1.88. The highest BCUT2D eigenvalue weighted by molar-refractivity contribution is 7.77. The van der Waals surface area contributed by atoms with Crippen LogP contribution in [0.15, 0.2) is 48.5 Å². The zero-order valence-corrected chi connectivity index (χ0v) is 17.7. The molecule has 0 bridgehead atoms. The van der Waals surface area contributed by atoms with Crippen molar-refractivity contribution in [3.63, 3.8) is 0 Å². The molecule has 5 nitrogen and oxygen atoms in total. The van der Waals surface area contributed by atoms with Gasteiger partial charge < -0.3 is 13.7 Å². The lowest BCUT2D eigenvalue weighted by atomic mass is 10.2. The van der Waals surface area contributed by atoms with E-state index in [1.807, 2.05) is 50.0 Å². The van der Waals surface area contributed by atoms with Crippen LogP contribution in [0.5, 0.6) is 11.5 Å². The van der Waals surface area contributed by atoms with E-state index in [0.717, 1.165) is 5.56 Å². The Morgan fingerprint density at radius 1 is 0.923 bits per heavy atom. The van der Waals surface area contributed by atoms with Crippen LogP contribution in [0.4, 0.5) is 0 Å². The minimum absolute atomic E-state index is 0.0398. The number of benzene rings is 2. The predicted molar refractivity (Wildman–Crippen MR) is 106 cm³/mol. The molecule has 0 N–H and O–H groups in total. The third kappa shape index (κ3) is 4.85. The van der Waals surface area contributed by atoms with Gasteiger partial charge in [0.05, 0.1) is 20.4 Å². The Bertz CT molecular complexity index is 792. The summed E-state index contributed by atoms with van der Waals surface area (Å²) in [4.78, 5) is 13.4. The van der Waals surface area contributed by atoms with Gasteiger partial charge in [-0.05, 0) is 37.3 Å². The number of methoxy groups -OCH3 is 2. The van der Waals surface area contributed by atoms with Crippen LogP contribution < -0.4 is 9.47 Å². The Morgan fingerprint density at radius 3 is 1.92 bits per heavy atom. The van der Waals surface area contributed by atoms with Crippen molar-refractivity contribution in [2.24, 2.45) is 0 Å². The van der Waals surface area contributed by atoms with Gasteiger partial charge in [0, 0.05) is 0 Å². The first-order valence-electron chi connectivity index (χ1n) is 8.30. The lowest BCUT2D eigenvalue weighted by Gasteiger charge is -2.26. The van der Waals surface area contributed by atoms with E-state index >= 15 is 0 Å². The number of carbonyl (C=O) groups is 1. The molecule has 0 aromatic heterocycles. The van der Waals surface area contributed by atoms with Crippen LogP contribution in [0.2, 0.25) is 19.6 Å². The number of rotatable bonds is 8. The summed E-state index contributed by atoms with van der Waals surface area (Å²) in [6, 6.07) is 14.3. The highest BCUT2D eigenvalue weighted by Gasteiger charge is 2.41. The van der Waals surface area contributed by atoms with E-state index in [1.54, 1.807) is 18.2 Å². The van der Waals surface area contributed by atoms with Gasteiger partial charge in [-0.1, -0.05) is 36.4 Å². The van der Waals surface area contributed by atoms with Crippen LogP contribution in [0.3, 0.4) is 0 Å². The molecule has 0 amide bonds. The van der Waals surface area contributed by atoms with Crippen LogP contribution in [0.1, 0.15) is 15.9 Å². The molecule has 26 heavy (non-hydrogen) atoms. The van der Waals surface area contributed by atoms with E-state index in [9.17, 15) is 9.36 Å². The maximum Gasteiger partial charge on any atom is 0.266 e. The summed E-state index contributed by atoms with van der Waals surface area (Å²) in [6.07, 6.45) is 0.0398. The molecule has 0 saturated carbocycles. The molecule has 2 rings (SSSR count). The van der Waals surface area contributed by atoms with Gasteiger partial charge in [-0.2, -0.15) is 0 Å². The third-order valence-corrected chi connectivity index (χ3v) is 8.60. The highest BCUT2D eigenvalue weighted by Crippen LogP contribution is 2.57. The zero-order chi connectivity index (χ0) is 19.4. The van der Waals surface area contributed by atoms with Crippen molar-refractivity contribution in [1.82, 2.24) is 0 Å². The summed E-state index contributed by atoms with van der Waals surface area (Å²) in [6.45, 7) is 5.74. The molecule has 2 aromatic rings. The van der Waals surface area contributed by atoms with Crippen molar-refractivity contribution in [1.29, 1.82) is 0 Å². The molecule has 1 atom stereocenters. The fourth-order valence-electron chi connectivity index (χ4n) is 2.64. The minimum atomic E-state index is -3.69. The quantitative estimate of drug-likeness (QED) is 0.458. The SMILES string of the molecule is COc1cccc(OC)c1C(=O)P(=O)(Cc1ccccc1)O[Si](C)(C)C. The molecule has 0 aliphatic carbocycles. The van der Waals surface area contributed by atoms with Gasteiger partial charge in [0.25, 0.3) is 12.9 Å². The number of hydrogen-bond donors (Lipinski definition) is 0. The molecule has 0 radical (unpaired) electrons. The largest absolute Gasteiger partial charge is 0.496 e. The summed E-state index contributed by atoms with van der Waals surface area (Å²) in [5.74, 6) is 0.642. The second kappa shape index (κ2) is 8.21. The first kappa shape index (κ1) is 20.4. The molecule has 0 fully saturated rings. The first-order chi connectivity index (χ1) is 12.2. The standard InChI is InChI=1S/C19H25O5PSi/c1-22-16-12-9-13-17(23-2)18(16)19(20)25(21,24-26(3,4)5)14-15-10-7-6-8-11-15/h6-13H,14H2,1-5H3. The lowest BCUT2D eigenvalue weighted by molar-refractivity contribution is 0.105. The van der Waals surface area contributed by atoms with Crippen molar-refractivity contribution in [3.05, 3.63) is 59.7 Å². The highest BCUT2D eigenvalue weighted by atomic mass is 31.2. The van der Waals surface area contributed by atoms with Crippen molar-refractivity contribution in [2.75, 3.05) is 14.2 Å². The minimum Gasteiger partial charge on any atom is -0.496 e. The normalized spacial score (nSPS) is 13.7. The van der Waals surface area contributed by atoms with E-state index in [2.05, 4.69) is 0 Å². The van der Waals surface area contributed by atoms with Crippen LogP contribution in [0, 0.1) is 0 Å². The van der Waals surface area contributed by atoms with Gasteiger partial charge in [-0.3, -0.25) is 9.36 Å². The number of ether oxygens (including phenoxy) is 2. The molecule has 0 aliphatic rings. The Morgan fingerprint density at radius 2 is 1.46 bits per heavy atom. The molecular weight excluding hydrogens is 367 g/mol. The maximum absolute atomic E-state index is 13.8. The summed E-state index contributed by atoms with van der Waals surface area (Å²) in [7, 11) is -3.03. The fourth-order valence-corrected chi connectivity index (χ4v) is 8.17. The van der Waals surface area contributed by atoms with Crippen molar-refractivity contribution < 1.29 is 23.0 Å². The van der Waals surface area contributed by atoms with Gasteiger partial charge in [-0.15, -0.1) is 0 Å². The molecule has 0 spiro atoms. The molecule has 1 unspecified atom stereocenters. The summed E-state index contributed by atoms with van der Waals surface area (Å²) in [5.41, 5.74) is 0.379. The molecule has 0 saturated heterocycles. The Balaban J connectivity index is 2.56. The van der Waals surface area contributed by atoms with Crippen LogP contribution in [-0.2, 0) is 14.9 Å². The van der Waals surface area contributed by atoms with Crippen molar-refractivity contribution in [3.8, 4) is 11.5 Å². The Labute approximate surface area is 155 Å². The molecule has 0 heterocycles. The predicted octanol–water partition coefficient (Wildman–Crippen LogP) is 5.17. The van der Waals surface area contributed by atoms with Crippen LogP contribution in [0.25, 0.3) is 0 Å². The van der Waals surface area contributed by atoms with E-state index in [4.69, 9.17) is 13.7 Å². The van der Waals surface area contributed by atoms with Crippen molar-refractivity contribution in [2.45, 2.75) is 25.8 Å². The van der Waals surface area contributed by atoms with Gasteiger partial charge in [-0.25, -0.2) is 0 Å². The maximum atomic E-state index is 13.8. The van der Waals surface area contributed by atoms with E-state index in [1.165, 1.54) is 14.2 Å². The van der Waals surface area contributed by atoms with Gasteiger partial charge in [0.1, 0.15) is 17.1 Å².